The Labute approximate surface area is 199 Å². The SMILES string of the molecule is ClCc1c(Cl)cncc1Oc1ccccn1.OCc1c(Cl)cncc1Oc1ccccn1. The van der Waals surface area contributed by atoms with E-state index < -0.39 is 0 Å². The molecule has 0 saturated heterocycles. The van der Waals surface area contributed by atoms with Crippen LogP contribution in [-0.2, 0) is 12.5 Å². The molecule has 4 heterocycles. The van der Waals surface area contributed by atoms with E-state index in [0.717, 1.165) is 0 Å². The lowest BCUT2D eigenvalue weighted by Crippen LogP contribution is -1.95. The highest BCUT2D eigenvalue weighted by Gasteiger charge is 2.10. The van der Waals surface area contributed by atoms with E-state index in [4.69, 9.17) is 49.4 Å². The zero-order chi connectivity index (χ0) is 22.8. The Bertz CT molecular complexity index is 1040. The van der Waals surface area contributed by atoms with E-state index in [0.29, 0.717) is 44.4 Å². The molecule has 164 valence electrons. The Hall–Kier alpha value is -2.97. The minimum atomic E-state index is -0.205. The fourth-order valence-electron chi connectivity index (χ4n) is 2.39. The summed E-state index contributed by atoms with van der Waals surface area (Å²) in [4.78, 5) is 15.9. The average molecular weight is 492 g/mol. The third-order valence-electron chi connectivity index (χ3n) is 3.93. The van der Waals surface area contributed by atoms with Crippen LogP contribution in [-0.4, -0.2) is 25.0 Å². The maximum absolute atomic E-state index is 9.16. The molecule has 0 saturated carbocycles. The first-order chi connectivity index (χ1) is 15.6. The fraction of sp³-hybridized carbons (Fsp3) is 0.0909. The molecule has 0 aliphatic heterocycles. The number of hydrogen-bond donors (Lipinski definition) is 1. The average Bonchev–Trinajstić information content (AvgIpc) is 2.81. The molecule has 0 fully saturated rings. The summed E-state index contributed by atoms with van der Waals surface area (Å²) in [6, 6.07) is 10.7. The molecular formula is C22H17Cl3N4O3. The molecule has 0 radical (unpaired) electrons. The lowest BCUT2D eigenvalue weighted by molar-refractivity contribution is 0.276. The van der Waals surface area contributed by atoms with Crippen molar-refractivity contribution in [2.45, 2.75) is 12.5 Å². The molecule has 0 aliphatic carbocycles. The fourth-order valence-corrected chi connectivity index (χ4v) is 3.16. The van der Waals surface area contributed by atoms with Gasteiger partial charge in [0, 0.05) is 48.0 Å². The Morgan fingerprint density at radius 2 is 1.22 bits per heavy atom. The van der Waals surface area contributed by atoms with E-state index in [9.17, 15) is 0 Å². The van der Waals surface area contributed by atoms with Crippen molar-refractivity contribution in [1.29, 1.82) is 0 Å². The first-order valence-electron chi connectivity index (χ1n) is 9.21. The maximum Gasteiger partial charge on any atom is 0.219 e. The summed E-state index contributed by atoms with van der Waals surface area (Å²) in [5.41, 5.74) is 1.21. The molecule has 0 amide bonds. The number of nitrogens with zero attached hydrogens (tertiary/aromatic N) is 4. The van der Waals surface area contributed by atoms with Gasteiger partial charge in [-0.1, -0.05) is 35.3 Å². The Morgan fingerprint density at radius 1 is 0.719 bits per heavy atom. The van der Waals surface area contributed by atoms with Crippen molar-refractivity contribution in [2.75, 3.05) is 0 Å². The minimum absolute atomic E-state index is 0.205. The van der Waals surface area contributed by atoms with Gasteiger partial charge in [-0.15, -0.1) is 11.6 Å². The van der Waals surface area contributed by atoms with Gasteiger partial charge in [-0.05, 0) is 12.1 Å². The molecule has 32 heavy (non-hydrogen) atoms. The van der Waals surface area contributed by atoms with Crippen molar-refractivity contribution in [2.24, 2.45) is 0 Å². The molecule has 4 aromatic heterocycles. The van der Waals surface area contributed by atoms with Gasteiger partial charge >= 0.3 is 0 Å². The van der Waals surface area contributed by atoms with E-state index in [-0.39, 0.29) is 12.5 Å². The molecule has 4 aromatic rings. The van der Waals surface area contributed by atoms with E-state index in [1.165, 1.54) is 18.6 Å². The highest BCUT2D eigenvalue weighted by Crippen LogP contribution is 2.30. The highest BCUT2D eigenvalue weighted by atomic mass is 35.5. The van der Waals surface area contributed by atoms with Gasteiger partial charge in [-0.3, -0.25) is 9.97 Å². The molecule has 4 rings (SSSR count). The summed E-state index contributed by atoms with van der Waals surface area (Å²) in [5, 5.41) is 10.0. The van der Waals surface area contributed by atoms with Crippen molar-refractivity contribution in [3.8, 4) is 23.3 Å². The molecule has 0 aliphatic rings. The molecular weight excluding hydrogens is 475 g/mol. The molecule has 7 nitrogen and oxygen atoms in total. The van der Waals surface area contributed by atoms with Gasteiger partial charge < -0.3 is 14.6 Å². The van der Waals surface area contributed by atoms with Crippen LogP contribution in [0.5, 0.6) is 23.3 Å². The Morgan fingerprint density at radius 3 is 1.66 bits per heavy atom. The second-order valence-corrected chi connectivity index (χ2v) is 7.11. The van der Waals surface area contributed by atoms with Crippen molar-refractivity contribution >= 4 is 34.8 Å². The van der Waals surface area contributed by atoms with Crippen LogP contribution >= 0.6 is 34.8 Å². The lowest BCUT2D eigenvalue weighted by atomic mass is 10.2. The minimum Gasteiger partial charge on any atom is -0.437 e. The van der Waals surface area contributed by atoms with Gasteiger partial charge in [0.2, 0.25) is 11.8 Å². The topological polar surface area (TPSA) is 90.3 Å². The van der Waals surface area contributed by atoms with E-state index in [1.54, 1.807) is 42.9 Å². The zero-order valence-corrected chi connectivity index (χ0v) is 18.8. The first kappa shape index (κ1) is 23.7. The summed E-state index contributed by atoms with van der Waals surface area (Å²) >= 11 is 17.6. The number of rotatable bonds is 6. The molecule has 0 spiro atoms. The number of alkyl halides is 1. The van der Waals surface area contributed by atoms with Gasteiger partial charge in [-0.25, -0.2) is 9.97 Å². The van der Waals surface area contributed by atoms with Gasteiger partial charge in [0.05, 0.1) is 34.9 Å². The smallest absolute Gasteiger partial charge is 0.219 e. The lowest BCUT2D eigenvalue weighted by Gasteiger charge is -2.08. The van der Waals surface area contributed by atoms with E-state index in [1.807, 2.05) is 12.1 Å². The van der Waals surface area contributed by atoms with Crippen LogP contribution in [0.4, 0.5) is 0 Å². The third kappa shape index (κ3) is 6.51. The second kappa shape index (κ2) is 12.2. The number of ether oxygens (including phenoxy) is 2. The number of halogens is 3. The number of aliphatic hydroxyl groups excluding tert-OH is 1. The normalized spacial score (nSPS) is 10.1. The second-order valence-electron chi connectivity index (χ2n) is 6.03. The van der Waals surface area contributed by atoms with Crippen LogP contribution in [0.15, 0.2) is 73.6 Å². The van der Waals surface area contributed by atoms with Gasteiger partial charge in [0.15, 0.2) is 11.5 Å². The molecule has 0 atom stereocenters. The summed E-state index contributed by atoms with van der Waals surface area (Å²) in [5.74, 6) is 2.12. The van der Waals surface area contributed by atoms with Crippen molar-refractivity contribution in [1.82, 2.24) is 19.9 Å². The molecule has 10 heteroatoms. The van der Waals surface area contributed by atoms with Crippen LogP contribution in [0.25, 0.3) is 0 Å². The third-order valence-corrected chi connectivity index (χ3v) is 4.85. The number of pyridine rings is 4. The maximum atomic E-state index is 9.16. The van der Waals surface area contributed by atoms with Crippen LogP contribution in [0, 0.1) is 0 Å². The van der Waals surface area contributed by atoms with Crippen LogP contribution < -0.4 is 9.47 Å². The van der Waals surface area contributed by atoms with Gasteiger partial charge in [0.25, 0.3) is 0 Å². The number of aromatic nitrogens is 4. The molecule has 1 N–H and O–H groups in total. The van der Waals surface area contributed by atoms with E-state index >= 15 is 0 Å². The quantitative estimate of drug-likeness (QED) is 0.327. The van der Waals surface area contributed by atoms with Crippen LogP contribution in [0.2, 0.25) is 10.0 Å². The number of hydrogen-bond acceptors (Lipinski definition) is 7. The summed E-state index contributed by atoms with van der Waals surface area (Å²) in [6.45, 7) is -0.205. The largest absolute Gasteiger partial charge is 0.437 e. The predicted molar refractivity (Wildman–Crippen MR) is 123 cm³/mol. The van der Waals surface area contributed by atoms with Crippen molar-refractivity contribution < 1.29 is 14.6 Å². The summed E-state index contributed by atoms with van der Waals surface area (Å²) < 4.78 is 11.0. The monoisotopic (exact) mass is 490 g/mol. The standard InChI is InChI=1S/C11H8Cl2N2O.C11H9ClN2O2/c12-5-8-9(13)6-14-7-10(8)16-11-3-1-2-4-15-11;12-9-5-13-6-10(8(9)7-15)16-11-3-1-2-4-14-11/h1-4,6-7H,5H2;1-6,15H,7H2. The zero-order valence-electron chi connectivity index (χ0n) is 16.5. The number of aliphatic hydroxyl groups is 1. The first-order valence-corrected chi connectivity index (χ1v) is 10.5. The van der Waals surface area contributed by atoms with E-state index in [2.05, 4.69) is 19.9 Å². The molecule has 0 aromatic carbocycles. The Kier molecular flexibility index (Phi) is 9.01. The highest BCUT2D eigenvalue weighted by molar-refractivity contribution is 6.32. The van der Waals surface area contributed by atoms with Gasteiger partial charge in [-0.2, -0.15) is 0 Å². The summed E-state index contributed by atoms with van der Waals surface area (Å²) in [7, 11) is 0. The van der Waals surface area contributed by atoms with Crippen molar-refractivity contribution in [3.05, 3.63) is 94.8 Å². The van der Waals surface area contributed by atoms with Gasteiger partial charge in [0.1, 0.15) is 0 Å². The van der Waals surface area contributed by atoms with Crippen molar-refractivity contribution in [3.63, 3.8) is 0 Å². The molecule has 0 unspecified atom stereocenters. The van der Waals surface area contributed by atoms with Crippen LogP contribution in [0.1, 0.15) is 11.1 Å². The van der Waals surface area contributed by atoms with Crippen LogP contribution in [0.3, 0.4) is 0 Å². The predicted octanol–water partition coefficient (Wildman–Crippen LogP) is 6.08. The Balaban J connectivity index is 0.000000181. The summed E-state index contributed by atoms with van der Waals surface area (Å²) in [6.07, 6.45) is 9.31. The molecule has 0 bridgehead atoms.